The Kier molecular flexibility index (Phi) is 8.61. The summed E-state index contributed by atoms with van der Waals surface area (Å²) >= 11 is 0. The van der Waals surface area contributed by atoms with Crippen molar-refractivity contribution in [2.24, 2.45) is 0 Å². The number of ether oxygens (including phenoxy) is 1. The lowest BCUT2D eigenvalue weighted by atomic mass is 9.88. The Hall–Kier alpha value is -5.38. The lowest BCUT2D eigenvalue weighted by molar-refractivity contribution is -0.138. The van der Waals surface area contributed by atoms with E-state index in [0.717, 1.165) is 18.4 Å². The SMILES string of the molecule is CCCCc1c(-n2ccnc2)cc(NC(=O)c2ccccc2Oc2ccccc2)c2c1C(C(=O)NCC(F)(F)F)c1ccccc1-2. The fourth-order valence-corrected chi connectivity index (χ4v) is 5.93. The first-order chi connectivity index (χ1) is 22.2. The third-order valence-electron chi connectivity index (χ3n) is 7.92. The summed E-state index contributed by atoms with van der Waals surface area (Å²) in [6.45, 7) is 0.593. The predicted molar refractivity (Wildman–Crippen MR) is 169 cm³/mol. The van der Waals surface area contributed by atoms with Crippen LogP contribution in [0.5, 0.6) is 11.5 Å². The lowest BCUT2D eigenvalue weighted by Crippen LogP contribution is -2.37. The molecule has 5 aromatic rings. The van der Waals surface area contributed by atoms with E-state index in [9.17, 15) is 22.8 Å². The molecule has 1 aromatic heterocycles. The van der Waals surface area contributed by atoms with Crippen LogP contribution in [0.4, 0.5) is 18.9 Å². The molecule has 2 amide bonds. The Morgan fingerprint density at radius 1 is 0.978 bits per heavy atom. The highest BCUT2D eigenvalue weighted by atomic mass is 19.4. The molecule has 4 aromatic carbocycles. The van der Waals surface area contributed by atoms with Crippen molar-refractivity contribution in [1.29, 1.82) is 0 Å². The van der Waals surface area contributed by atoms with Gasteiger partial charge in [-0.15, -0.1) is 0 Å². The van der Waals surface area contributed by atoms with Gasteiger partial charge < -0.3 is 19.9 Å². The summed E-state index contributed by atoms with van der Waals surface area (Å²) in [5, 5.41) is 5.18. The number of nitrogens with one attached hydrogen (secondary N) is 2. The first-order valence-electron chi connectivity index (χ1n) is 15.0. The van der Waals surface area contributed by atoms with Gasteiger partial charge in [0.15, 0.2) is 0 Å². The summed E-state index contributed by atoms with van der Waals surface area (Å²) in [5.74, 6) is -1.32. The second-order valence-corrected chi connectivity index (χ2v) is 11.0. The number of hydrogen-bond acceptors (Lipinski definition) is 4. The van der Waals surface area contributed by atoms with Crippen LogP contribution in [0.15, 0.2) is 104 Å². The molecule has 1 aliphatic rings. The monoisotopic (exact) mass is 624 g/mol. The molecule has 0 saturated carbocycles. The minimum Gasteiger partial charge on any atom is -0.457 e. The van der Waals surface area contributed by atoms with E-state index >= 15 is 0 Å². The Balaban J connectivity index is 1.51. The van der Waals surface area contributed by atoms with Crippen LogP contribution in [0, 0.1) is 0 Å². The largest absolute Gasteiger partial charge is 0.457 e. The highest BCUT2D eigenvalue weighted by Crippen LogP contribution is 2.52. The second kappa shape index (κ2) is 12.9. The first-order valence-corrected chi connectivity index (χ1v) is 15.0. The van der Waals surface area contributed by atoms with Crippen molar-refractivity contribution in [2.75, 3.05) is 11.9 Å². The maximum Gasteiger partial charge on any atom is 0.405 e. The van der Waals surface area contributed by atoms with Crippen molar-refractivity contribution in [2.45, 2.75) is 38.3 Å². The van der Waals surface area contributed by atoms with Crippen molar-refractivity contribution >= 4 is 17.5 Å². The normalized spacial score (nSPS) is 13.5. The topological polar surface area (TPSA) is 85.2 Å². The molecule has 2 N–H and O–H groups in total. The zero-order valence-electron chi connectivity index (χ0n) is 25.0. The van der Waals surface area contributed by atoms with E-state index < -0.39 is 30.5 Å². The Morgan fingerprint density at radius 3 is 2.46 bits per heavy atom. The summed E-state index contributed by atoms with van der Waals surface area (Å²) in [5.41, 5.74) is 4.60. The number of carbonyl (C=O) groups excluding carboxylic acids is 2. The summed E-state index contributed by atoms with van der Waals surface area (Å²) in [6.07, 6.45) is 2.61. The predicted octanol–water partition coefficient (Wildman–Crippen LogP) is 8.05. The molecule has 234 valence electrons. The number of nitrogens with zero attached hydrogens (tertiary/aromatic N) is 2. The lowest BCUT2D eigenvalue weighted by Gasteiger charge is -2.23. The Labute approximate surface area is 264 Å². The van der Waals surface area contributed by atoms with Crippen LogP contribution < -0.4 is 15.4 Å². The molecule has 46 heavy (non-hydrogen) atoms. The van der Waals surface area contributed by atoms with E-state index in [1.807, 2.05) is 43.3 Å². The van der Waals surface area contributed by atoms with E-state index in [-0.39, 0.29) is 5.56 Å². The number of rotatable bonds is 10. The average Bonchev–Trinajstić information content (AvgIpc) is 3.71. The van der Waals surface area contributed by atoms with Gasteiger partial charge in [-0.1, -0.05) is 67.9 Å². The van der Waals surface area contributed by atoms with Crippen LogP contribution in [0.1, 0.15) is 52.7 Å². The molecule has 10 heteroatoms. The van der Waals surface area contributed by atoms with Crippen LogP contribution in [0.2, 0.25) is 0 Å². The van der Waals surface area contributed by atoms with Crippen molar-refractivity contribution in [3.8, 4) is 28.3 Å². The minimum atomic E-state index is -4.57. The highest BCUT2D eigenvalue weighted by molar-refractivity contribution is 6.10. The van der Waals surface area contributed by atoms with Gasteiger partial charge in [0.25, 0.3) is 5.91 Å². The third-order valence-corrected chi connectivity index (χ3v) is 7.92. The maximum atomic E-state index is 14.0. The van der Waals surface area contributed by atoms with Crippen LogP contribution in [-0.2, 0) is 11.2 Å². The number of unbranched alkanes of at least 4 members (excludes halogenated alkanes) is 1. The van der Waals surface area contributed by atoms with Crippen molar-refractivity contribution in [3.63, 3.8) is 0 Å². The van der Waals surface area contributed by atoms with Crippen molar-refractivity contribution in [3.05, 3.63) is 126 Å². The Bertz CT molecular complexity index is 1870. The van der Waals surface area contributed by atoms with Gasteiger partial charge in [-0.2, -0.15) is 13.2 Å². The zero-order chi connectivity index (χ0) is 32.3. The second-order valence-electron chi connectivity index (χ2n) is 11.0. The van der Waals surface area contributed by atoms with E-state index in [0.29, 0.717) is 51.5 Å². The first kappa shape index (κ1) is 30.6. The summed E-state index contributed by atoms with van der Waals surface area (Å²) in [7, 11) is 0. The number of carbonyl (C=O) groups is 2. The van der Waals surface area contributed by atoms with Crippen molar-refractivity contribution < 1.29 is 27.5 Å². The Morgan fingerprint density at radius 2 is 1.72 bits per heavy atom. The molecular formula is C36H31F3N4O3. The fraction of sp³-hybridized carbons (Fsp3) is 0.194. The van der Waals surface area contributed by atoms with Gasteiger partial charge in [-0.05, 0) is 65.4 Å². The minimum absolute atomic E-state index is 0.282. The molecule has 1 atom stereocenters. The molecule has 1 aliphatic carbocycles. The zero-order valence-corrected chi connectivity index (χ0v) is 25.0. The molecule has 1 heterocycles. The molecule has 1 unspecified atom stereocenters. The molecule has 6 rings (SSSR count). The van der Waals surface area contributed by atoms with Gasteiger partial charge in [0.1, 0.15) is 18.0 Å². The van der Waals surface area contributed by atoms with E-state index in [2.05, 4.69) is 15.6 Å². The van der Waals surface area contributed by atoms with Crippen LogP contribution in [0.25, 0.3) is 16.8 Å². The number of hydrogen-bond donors (Lipinski definition) is 2. The number of amides is 2. The number of aromatic nitrogens is 2. The molecule has 0 spiro atoms. The standard InChI is InChI=1S/C36H31F3N4O3/c1-2-3-13-26-29(43-19-18-40-22-43)20-28(42-34(44)27-16-9-10-17-30(27)46-23-11-5-4-6-12-23)31-24-14-7-8-15-25(24)33(32(26)31)35(45)41-21-36(37,38)39/h4-12,14-20,22,33H,2-3,13,21H2,1H3,(H,41,45)(H,42,44). The highest BCUT2D eigenvalue weighted by Gasteiger charge is 2.40. The number of halogens is 3. The van der Waals surface area contributed by atoms with Gasteiger partial charge in [-0.25, -0.2) is 4.98 Å². The number of para-hydroxylation sites is 2. The van der Waals surface area contributed by atoms with Gasteiger partial charge in [0.2, 0.25) is 5.91 Å². The number of imidazole rings is 1. The number of alkyl halides is 3. The van der Waals surface area contributed by atoms with Gasteiger partial charge in [-0.3, -0.25) is 9.59 Å². The van der Waals surface area contributed by atoms with Gasteiger partial charge in [0.05, 0.1) is 29.2 Å². The number of anilines is 1. The molecular weight excluding hydrogens is 593 g/mol. The van der Waals surface area contributed by atoms with Crippen LogP contribution in [0.3, 0.4) is 0 Å². The van der Waals surface area contributed by atoms with E-state index in [4.69, 9.17) is 4.74 Å². The van der Waals surface area contributed by atoms with Crippen LogP contribution >= 0.6 is 0 Å². The van der Waals surface area contributed by atoms with Crippen LogP contribution in [-0.4, -0.2) is 34.1 Å². The number of fused-ring (bicyclic) bond motifs is 3. The van der Waals surface area contributed by atoms with E-state index in [1.54, 1.807) is 71.8 Å². The number of benzene rings is 4. The average molecular weight is 625 g/mol. The molecule has 0 fully saturated rings. The summed E-state index contributed by atoms with van der Waals surface area (Å²) in [6, 6.07) is 24.9. The van der Waals surface area contributed by atoms with Crippen molar-refractivity contribution in [1.82, 2.24) is 14.9 Å². The maximum absolute atomic E-state index is 14.0. The fourth-order valence-electron chi connectivity index (χ4n) is 5.93. The quantitative estimate of drug-likeness (QED) is 0.165. The smallest absolute Gasteiger partial charge is 0.405 e. The van der Waals surface area contributed by atoms with Gasteiger partial charge >= 0.3 is 6.18 Å². The summed E-state index contributed by atoms with van der Waals surface area (Å²) in [4.78, 5) is 31.9. The molecule has 0 bridgehead atoms. The molecule has 0 saturated heterocycles. The van der Waals surface area contributed by atoms with Gasteiger partial charge in [0, 0.05) is 18.0 Å². The molecule has 0 radical (unpaired) electrons. The molecule has 7 nitrogen and oxygen atoms in total. The van der Waals surface area contributed by atoms with E-state index in [1.165, 1.54) is 0 Å². The third kappa shape index (κ3) is 6.24. The summed E-state index contributed by atoms with van der Waals surface area (Å²) < 4.78 is 47.6. The molecule has 0 aliphatic heterocycles.